The van der Waals surface area contributed by atoms with E-state index in [9.17, 15) is 4.79 Å². The molecule has 2 aliphatic rings. The summed E-state index contributed by atoms with van der Waals surface area (Å²) in [4.78, 5) is 14.5. The molecule has 1 aliphatic carbocycles. The molecular formula is C20H30N2O. The van der Waals surface area contributed by atoms with Gasteiger partial charge in [-0.15, -0.1) is 0 Å². The number of carbonyl (C=O) groups excluding carboxylic acids is 1. The van der Waals surface area contributed by atoms with Gasteiger partial charge in [0.15, 0.2) is 0 Å². The van der Waals surface area contributed by atoms with Crippen molar-refractivity contribution in [1.29, 1.82) is 0 Å². The Labute approximate surface area is 140 Å². The molecule has 1 aliphatic heterocycles. The zero-order valence-electron chi connectivity index (χ0n) is 14.5. The van der Waals surface area contributed by atoms with Crippen LogP contribution in [0.5, 0.6) is 0 Å². The molecule has 0 aromatic heterocycles. The third kappa shape index (κ3) is 3.95. The van der Waals surface area contributed by atoms with Gasteiger partial charge in [0, 0.05) is 31.1 Å². The molecule has 23 heavy (non-hydrogen) atoms. The van der Waals surface area contributed by atoms with Crippen molar-refractivity contribution < 1.29 is 4.79 Å². The summed E-state index contributed by atoms with van der Waals surface area (Å²) in [5.74, 6) is 1.34. The molecule has 1 saturated heterocycles. The smallest absolute Gasteiger partial charge is 0.225 e. The fourth-order valence-electron chi connectivity index (χ4n) is 3.85. The van der Waals surface area contributed by atoms with Crippen LogP contribution in [-0.2, 0) is 4.79 Å². The highest BCUT2D eigenvalue weighted by molar-refractivity contribution is 5.81. The molecule has 0 radical (unpaired) electrons. The summed E-state index contributed by atoms with van der Waals surface area (Å²) in [6.45, 7) is 6.37. The van der Waals surface area contributed by atoms with Gasteiger partial charge < -0.3 is 10.2 Å². The second kappa shape index (κ2) is 7.48. The highest BCUT2D eigenvalue weighted by Crippen LogP contribution is 2.33. The topological polar surface area (TPSA) is 32.3 Å². The van der Waals surface area contributed by atoms with Gasteiger partial charge >= 0.3 is 0 Å². The zero-order valence-corrected chi connectivity index (χ0v) is 14.5. The first-order valence-corrected chi connectivity index (χ1v) is 9.32. The first kappa shape index (κ1) is 16.5. The maximum Gasteiger partial charge on any atom is 0.225 e. The lowest BCUT2D eigenvalue weighted by Gasteiger charge is -2.40. The van der Waals surface area contributed by atoms with Crippen molar-refractivity contribution in [2.45, 2.75) is 58.0 Å². The van der Waals surface area contributed by atoms with Crippen LogP contribution >= 0.6 is 0 Å². The van der Waals surface area contributed by atoms with Crippen LogP contribution in [0.15, 0.2) is 30.3 Å². The summed E-state index contributed by atoms with van der Waals surface area (Å²) in [5.41, 5.74) is 1.38. The summed E-state index contributed by atoms with van der Waals surface area (Å²) < 4.78 is 0. The Hall–Kier alpha value is -1.35. The first-order chi connectivity index (χ1) is 11.2. The minimum Gasteiger partial charge on any atom is -0.342 e. The summed E-state index contributed by atoms with van der Waals surface area (Å²) in [5, 5.41) is 3.89. The van der Waals surface area contributed by atoms with E-state index >= 15 is 0 Å². The van der Waals surface area contributed by atoms with Gasteiger partial charge in [-0.3, -0.25) is 4.79 Å². The fraction of sp³-hybridized carbons (Fsp3) is 0.650. The summed E-state index contributed by atoms with van der Waals surface area (Å²) in [6, 6.07) is 11.7. The van der Waals surface area contributed by atoms with Gasteiger partial charge in [0.1, 0.15) is 0 Å². The second-order valence-corrected chi connectivity index (χ2v) is 7.16. The number of benzene rings is 1. The number of nitrogens with zero attached hydrogens (tertiary/aromatic N) is 1. The van der Waals surface area contributed by atoms with E-state index in [1.54, 1.807) is 0 Å². The molecular weight excluding hydrogens is 284 g/mol. The molecule has 2 fully saturated rings. The Morgan fingerprint density at radius 1 is 1.22 bits per heavy atom. The Morgan fingerprint density at radius 3 is 2.57 bits per heavy atom. The Balaban J connectivity index is 1.62. The molecule has 0 unspecified atom stereocenters. The average Bonchev–Trinajstić information content (AvgIpc) is 3.45. The van der Waals surface area contributed by atoms with E-state index in [1.807, 2.05) is 0 Å². The lowest BCUT2D eigenvalue weighted by Crippen LogP contribution is -2.51. The fourth-order valence-corrected chi connectivity index (χ4v) is 3.85. The van der Waals surface area contributed by atoms with Crippen molar-refractivity contribution in [2.75, 3.05) is 13.1 Å². The molecule has 3 rings (SSSR count). The van der Waals surface area contributed by atoms with Gasteiger partial charge in [-0.25, -0.2) is 0 Å². The minimum atomic E-state index is 0.352. The molecule has 1 N–H and O–H groups in total. The summed E-state index contributed by atoms with van der Waals surface area (Å²) in [7, 11) is 0. The van der Waals surface area contributed by atoms with Crippen LogP contribution in [0, 0.1) is 11.8 Å². The quantitative estimate of drug-likeness (QED) is 0.867. The standard InChI is InChI=1S/C20H30N2O/c1-3-15-14-22(20(23)17-10-11-17)13-12-19(15)21-18(4-2)16-8-6-5-7-9-16/h5-9,15,17-19,21H,3-4,10-14H2,1-2H3/t15-,18-,19-/m0/s1. The molecule has 3 atom stereocenters. The Morgan fingerprint density at radius 2 is 1.96 bits per heavy atom. The van der Waals surface area contributed by atoms with E-state index in [-0.39, 0.29) is 0 Å². The Bertz CT molecular complexity index is 512. The molecule has 0 bridgehead atoms. The van der Waals surface area contributed by atoms with Crippen LogP contribution in [0.4, 0.5) is 0 Å². The molecule has 3 heteroatoms. The average molecular weight is 314 g/mol. The van der Waals surface area contributed by atoms with E-state index in [2.05, 4.69) is 54.4 Å². The highest BCUT2D eigenvalue weighted by atomic mass is 16.2. The van der Waals surface area contributed by atoms with Crippen molar-refractivity contribution in [2.24, 2.45) is 11.8 Å². The zero-order chi connectivity index (χ0) is 16.2. The van der Waals surface area contributed by atoms with Crippen molar-refractivity contribution >= 4 is 5.91 Å². The minimum absolute atomic E-state index is 0.352. The number of amides is 1. The van der Waals surface area contributed by atoms with Crippen LogP contribution in [0.25, 0.3) is 0 Å². The largest absolute Gasteiger partial charge is 0.342 e. The molecule has 1 aromatic carbocycles. The van der Waals surface area contributed by atoms with Crippen molar-refractivity contribution in [3.8, 4) is 0 Å². The molecule has 1 aromatic rings. The van der Waals surface area contributed by atoms with E-state index in [0.29, 0.717) is 29.8 Å². The van der Waals surface area contributed by atoms with Crippen molar-refractivity contribution in [3.63, 3.8) is 0 Å². The third-order valence-electron chi connectivity index (χ3n) is 5.52. The Kier molecular flexibility index (Phi) is 5.37. The van der Waals surface area contributed by atoms with Gasteiger partial charge in [-0.2, -0.15) is 0 Å². The molecule has 1 heterocycles. The van der Waals surface area contributed by atoms with Crippen LogP contribution in [0.2, 0.25) is 0 Å². The maximum absolute atomic E-state index is 12.3. The van der Waals surface area contributed by atoms with Crippen molar-refractivity contribution in [3.05, 3.63) is 35.9 Å². The lowest BCUT2D eigenvalue weighted by molar-refractivity contribution is -0.134. The molecule has 3 nitrogen and oxygen atoms in total. The number of rotatable bonds is 6. The molecule has 0 spiro atoms. The number of hydrogen-bond acceptors (Lipinski definition) is 2. The second-order valence-electron chi connectivity index (χ2n) is 7.16. The maximum atomic E-state index is 12.3. The van der Waals surface area contributed by atoms with E-state index in [0.717, 1.165) is 45.2 Å². The molecule has 1 amide bonds. The normalized spacial score (nSPS) is 26.1. The van der Waals surface area contributed by atoms with E-state index in [4.69, 9.17) is 0 Å². The third-order valence-corrected chi connectivity index (χ3v) is 5.52. The van der Waals surface area contributed by atoms with E-state index < -0.39 is 0 Å². The highest BCUT2D eigenvalue weighted by Gasteiger charge is 2.37. The van der Waals surface area contributed by atoms with Crippen LogP contribution in [-0.4, -0.2) is 29.9 Å². The number of piperidine rings is 1. The predicted octanol–water partition coefficient (Wildman–Crippen LogP) is 3.76. The number of likely N-dealkylation sites (tertiary alicyclic amines) is 1. The predicted molar refractivity (Wildman–Crippen MR) is 94.1 cm³/mol. The molecule has 1 saturated carbocycles. The number of carbonyl (C=O) groups is 1. The SMILES string of the molecule is CC[C@H]1CN(C(=O)C2CC2)CC[C@@H]1N[C@@H](CC)c1ccccc1. The van der Waals surface area contributed by atoms with Crippen LogP contribution in [0.1, 0.15) is 57.6 Å². The van der Waals surface area contributed by atoms with Gasteiger partial charge in [-0.05, 0) is 37.2 Å². The van der Waals surface area contributed by atoms with E-state index in [1.165, 1.54) is 5.56 Å². The summed E-state index contributed by atoms with van der Waals surface area (Å²) in [6.07, 6.45) is 5.54. The van der Waals surface area contributed by atoms with Gasteiger partial charge in [0.2, 0.25) is 5.91 Å². The first-order valence-electron chi connectivity index (χ1n) is 9.32. The van der Waals surface area contributed by atoms with Crippen molar-refractivity contribution in [1.82, 2.24) is 10.2 Å². The number of hydrogen-bond donors (Lipinski definition) is 1. The van der Waals surface area contributed by atoms with Crippen LogP contribution in [0.3, 0.4) is 0 Å². The van der Waals surface area contributed by atoms with Gasteiger partial charge in [0.05, 0.1) is 0 Å². The van der Waals surface area contributed by atoms with Gasteiger partial charge in [-0.1, -0.05) is 50.6 Å². The van der Waals surface area contributed by atoms with Crippen LogP contribution < -0.4 is 5.32 Å². The van der Waals surface area contributed by atoms with Gasteiger partial charge in [0.25, 0.3) is 0 Å². The molecule has 126 valence electrons. The summed E-state index contributed by atoms with van der Waals surface area (Å²) >= 11 is 0. The monoisotopic (exact) mass is 314 g/mol. The lowest BCUT2D eigenvalue weighted by atomic mass is 9.88. The number of nitrogens with one attached hydrogen (secondary N) is 1.